The summed E-state index contributed by atoms with van der Waals surface area (Å²) in [5, 5.41) is 17.5. The van der Waals surface area contributed by atoms with Gasteiger partial charge in [-0.15, -0.1) is 0 Å². The summed E-state index contributed by atoms with van der Waals surface area (Å²) in [7, 11) is 0. The number of carbonyl (C=O) groups excluding carboxylic acids is 1. The third-order valence-corrected chi connectivity index (χ3v) is 5.32. The minimum Gasteiger partial charge on any atom is -0.394 e. The molecule has 0 radical (unpaired) electrons. The van der Waals surface area contributed by atoms with Gasteiger partial charge in [-0.25, -0.2) is 9.97 Å². The Kier molecular flexibility index (Phi) is 5.82. The molecule has 0 aliphatic heterocycles. The Hall–Kier alpha value is -2.84. The van der Waals surface area contributed by atoms with E-state index < -0.39 is 0 Å². The molecular formula is C21H25N5O3. The van der Waals surface area contributed by atoms with E-state index in [1.54, 1.807) is 17.1 Å². The van der Waals surface area contributed by atoms with E-state index in [4.69, 9.17) is 9.84 Å². The van der Waals surface area contributed by atoms with Crippen molar-refractivity contribution in [2.75, 3.05) is 13.2 Å². The maximum atomic E-state index is 12.6. The predicted octanol–water partition coefficient (Wildman–Crippen LogP) is 2.17. The Labute approximate surface area is 168 Å². The van der Waals surface area contributed by atoms with E-state index >= 15 is 0 Å². The van der Waals surface area contributed by atoms with Crippen LogP contribution in [0.4, 0.5) is 0 Å². The molecule has 8 heteroatoms. The second kappa shape index (κ2) is 8.67. The number of hydrogen-bond acceptors (Lipinski definition) is 6. The lowest BCUT2D eigenvalue weighted by atomic mass is 9.93. The van der Waals surface area contributed by atoms with Gasteiger partial charge >= 0.3 is 0 Å². The van der Waals surface area contributed by atoms with E-state index in [0.29, 0.717) is 18.1 Å². The molecule has 152 valence electrons. The number of carbonyl (C=O) groups is 1. The molecule has 1 aliphatic carbocycles. The monoisotopic (exact) mass is 395 g/mol. The molecule has 0 saturated heterocycles. The molecule has 0 atom stereocenters. The van der Waals surface area contributed by atoms with E-state index in [0.717, 1.165) is 42.3 Å². The lowest BCUT2D eigenvalue weighted by molar-refractivity contribution is 0.00425. The highest BCUT2D eigenvalue weighted by molar-refractivity contribution is 5.93. The van der Waals surface area contributed by atoms with E-state index in [2.05, 4.69) is 20.4 Å². The third-order valence-electron chi connectivity index (χ3n) is 5.32. The predicted molar refractivity (Wildman–Crippen MR) is 108 cm³/mol. The van der Waals surface area contributed by atoms with Gasteiger partial charge in [0.25, 0.3) is 11.9 Å². The van der Waals surface area contributed by atoms with Gasteiger partial charge in [0.05, 0.1) is 36.1 Å². The normalized spacial score (nSPS) is 19.4. The number of aliphatic hydroxyl groups excluding tert-OH is 1. The second-order valence-corrected chi connectivity index (χ2v) is 7.33. The van der Waals surface area contributed by atoms with Crippen LogP contribution in [0.25, 0.3) is 16.9 Å². The standard InChI is InChI=1S/C21H25N5O3/c1-14-18-4-2-3-5-19(18)26(25-14)21-22-12-15(13-23-21)20(28)24-16-6-8-17(9-7-16)29-11-10-27/h2-5,12-13,16-17,27H,6-11H2,1H3,(H,24,28). The van der Waals surface area contributed by atoms with Crippen LogP contribution in [0, 0.1) is 6.92 Å². The van der Waals surface area contributed by atoms with Gasteiger partial charge in [-0.2, -0.15) is 9.78 Å². The Bertz CT molecular complexity index is 978. The number of ether oxygens (including phenoxy) is 1. The summed E-state index contributed by atoms with van der Waals surface area (Å²) in [6.07, 6.45) is 6.74. The van der Waals surface area contributed by atoms with Crippen LogP contribution in [-0.4, -0.2) is 56.1 Å². The van der Waals surface area contributed by atoms with Crippen molar-refractivity contribution in [2.24, 2.45) is 0 Å². The van der Waals surface area contributed by atoms with Crippen LogP contribution < -0.4 is 5.32 Å². The molecule has 1 amide bonds. The van der Waals surface area contributed by atoms with Gasteiger partial charge in [0.15, 0.2) is 0 Å². The van der Waals surface area contributed by atoms with Gasteiger partial charge in [0.2, 0.25) is 0 Å². The van der Waals surface area contributed by atoms with Gasteiger partial charge < -0.3 is 15.2 Å². The smallest absolute Gasteiger partial charge is 0.254 e. The third kappa shape index (κ3) is 4.28. The molecule has 3 aromatic rings. The zero-order valence-electron chi connectivity index (χ0n) is 16.4. The fourth-order valence-electron chi connectivity index (χ4n) is 3.78. The average Bonchev–Trinajstić information content (AvgIpc) is 3.10. The number of nitrogens with zero attached hydrogens (tertiary/aromatic N) is 4. The van der Waals surface area contributed by atoms with Crippen molar-refractivity contribution in [3.05, 3.63) is 47.9 Å². The second-order valence-electron chi connectivity index (χ2n) is 7.33. The topological polar surface area (TPSA) is 102 Å². The number of aromatic nitrogens is 4. The number of aryl methyl sites for hydroxylation is 1. The van der Waals surface area contributed by atoms with Gasteiger partial charge in [-0.1, -0.05) is 18.2 Å². The Morgan fingerprint density at radius 3 is 2.66 bits per heavy atom. The van der Waals surface area contributed by atoms with Crippen LogP contribution >= 0.6 is 0 Å². The van der Waals surface area contributed by atoms with Gasteiger partial charge in [-0.05, 0) is 38.7 Å². The van der Waals surface area contributed by atoms with Gasteiger partial charge in [0, 0.05) is 23.8 Å². The number of amides is 1. The first-order valence-corrected chi connectivity index (χ1v) is 9.96. The lowest BCUT2D eigenvalue weighted by Gasteiger charge is -2.29. The molecule has 2 aromatic heterocycles. The molecule has 29 heavy (non-hydrogen) atoms. The molecule has 1 aliphatic rings. The van der Waals surface area contributed by atoms with E-state index in [1.807, 2.05) is 31.2 Å². The maximum Gasteiger partial charge on any atom is 0.254 e. The number of rotatable bonds is 6. The minimum atomic E-state index is -0.169. The summed E-state index contributed by atoms with van der Waals surface area (Å²) in [5.74, 6) is 0.269. The highest BCUT2D eigenvalue weighted by Gasteiger charge is 2.23. The lowest BCUT2D eigenvalue weighted by Crippen LogP contribution is -2.39. The van der Waals surface area contributed by atoms with Crippen molar-refractivity contribution in [2.45, 2.75) is 44.8 Å². The summed E-state index contributed by atoms with van der Waals surface area (Å²) in [6, 6.07) is 8.03. The van der Waals surface area contributed by atoms with Crippen LogP contribution in [0.15, 0.2) is 36.7 Å². The van der Waals surface area contributed by atoms with Crippen molar-refractivity contribution in [1.29, 1.82) is 0 Å². The molecule has 1 saturated carbocycles. The quantitative estimate of drug-likeness (QED) is 0.663. The summed E-state index contributed by atoms with van der Waals surface area (Å²) in [6.45, 7) is 2.36. The SMILES string of the molecule is Cc1nn(-c2ncc(C(=O)NC3CCC(OCCO)CC3)cn2)c2ccccc12. The summed E-state index contributed by atoms with van der Waals surface area (Å²) < 4.78 is 7.26. The number of benzene rings is 1. The number of hydrogen-bond donors (Lipinski definition) is 2. The number of fused-ring (bicyclic) bond motifs is 1. The van der Waals surface area contributed by atoms with Gasteiger partial charge in [-0.3, -0.25) is 4.79 Å². The summed E-state index contributed by atoms with van der Waals surface area (Å²) in [4.78, 5) is 21.3. The maximum absolute atomic E-state index is 12.6. The van der Waals surface area contributed by atoms with E-state index in [-0.39, 0.29) is 24.7 Å². The van der Waals surface area contributed by atoms with Crippen LogP contribution in [0.3, 0.4) is 0 Å². The molecule has 1 fully saturated rings. The molecule has 0 unspecified atom stereocenters. The molecule has 2 heterocycles. The number of nitrogens with one attached hydrogen (secondary N) is 1. The van der Waals surface area contributed by atoms with Crippen molar-refractivity contribution < 1.29 is 14.6 Å². The molecule has 1 aromatic carbocycles. The largest absolute Gasteiger partial charge is 0.394 e. The Balaban J connectivity index is 1.40. The molecule has 2 N–H and O–H groups in total. The van der Waals surface area contributed by atoms with E-state index in [9.17, 15) is 4.79 Å². The average molecular weight is 395 g/mol. The van der Waals surface area contributed by atoms with Crippen LogP contribution in [-0.2, 0) is 4.74 Å². The fourth-order valence-corrected chi connectivity index (χ4v) is 3.78. The van der Waals surface area contributed by atoms with Crippen molar-refractivity contribution >= 4 is 16.8 Å². The molecular weight excluding hydrogens is 370 g/mol. The fraction of sp³-hybridized carbons (Fsp3) is 0.429. The first kappa shape index (κ1) is 19.5. The summed E-state index contributed by atoms with van der Waals surface area (Å²) >= 11 is 0. The van der Waals surface area contributed by atoms with Crippen molar-refractivity contribution in [3.8, 4) is 5.95 Å². The molecule has 8 nitrogen and oxygen atoms in total. The first-order chi connectivity index (χ1) is 14.2. The Morgan fingerprint density at radius 1 is 1.21 bits per heavy atom. The van der Waals surface area contributed by atoms with E-state index in [1.165, 1.54) is 0 Å². The highest BCUT2D eigenvalue weighted by Crippen LogP contribution is 2.22. The molecule has 0 bridgehead atoms. The van der Waals surface area contributed by atoms with Crippen molar-refractivity contribution in [1.82, 2.24) is 25.1 Å². The number of para-hydroxylation sites is 1. The molecule has 4 rings (SSSR count). The zero-order chi connectivity index (χ0) is 20.2. The first-order valence-electron chi connectivity index (χ1n) is 9.96. The molecule has 0 spiro atoms. The van der Waals surface area contributed by atoms with Crippen LogP contribution in [0.5, 0.6) is 0 Å². The zero-order valence-corrected chi connectivity index (χ0v) is 16.4. The van der Waals surface area contributed by atoms with Crippen LogP contribution in [0.2, 0.25) is 0 Å². The van der Waals surface area contributed by atoms with Crippen molar-refractivity contribution in [3.63, 3.8) is 0 Å². The Morgan fingerprint density at radius 2 is 1.93 bits per heavy atom. The highest BCUT2D eigenvalue weighted by atomic mass is 16.5. The number of aliphatic hydroxyl groups is 1. The van der Waals surface area contributed by atoms with Gasteiger partial charge in [0.1, 0.15) is 0 Å². The summed E-state index contributed by atoms with van der Waals surface area (Å²) in [5.41, 5.74) is 2.27. The van der Waals surface area contributed by atoms with Crippen LogP contribution in [0.1, 0.15) is 41.7 Å². The minimum absolute atomic E-state index is 0.0422.